The van der Waals surface area contributed by atoms with Crippen molar-refractivity contribution in [3.63, 3.8) is 0 Å². The number of sulfonamides is 1. The smallest absolute Gasteiger partial charge is 0.336 e. The Hall–Kier alpha value is -3.38. The monoisotopic (exact) mass is 626 g/mol. The first-order chi connectivity index (χ1) is 17.7. The lowest BCUT2D eigenvalue weighted by atomic mass is 10.1. The van der Waals surface area contributed by atoms with Gasteiger partial charge in [-0.2, -0.15) is 0 Å². The highest BCUT2D eigenvalue weighted by atomic mass is 35.5. The van der Waals surface area contributed by atoms with Crippen LogP contribution in [0, 0.1) is 13.8 Å². The molecule has 0 radical (unpaired) electrons. The van der Waals surface area contributed by atoms with Crippen LogP contribution >= 0.6 is 37.2 Å². The standard InChI is InChI=1S/C26H26N6O4S.3ClH/c1-17-12-18(2)14-20(13-17)37(35,36)30-19-4-5-23-21(15-19)22(25(33)34)16-24(29-23)31-8-10-32(11-9-31)26-27-6-3-7-28-26;;;/h3-7,12-16,30H,8-11H2,1-2H3,(H,33,34);3*1H. The van der Waals surface area contributed by atoms with Crippen LogP contribution in [-0.4, -0.2) is 60.6 Å². The summed E-state index contributed by atoms with van der Waals surface area (Å²) in [6.07, 6.45) is 3.41. The zero-order valence-electron chi connectivity index (χ0n) is 21.6. The highest BCUT2D eigenvalue weighted by Crippen LogP contribution is 2.28. The second-order valence-electron chi connectivity index (χ2n) is 9.02. The third kappa shape index (κ3) is 7.03. The van der Waals surface area contributed by atoms with Crippen LogP contribution in [0.5, 0.6) is 0 Å². The van der Waals surface area contributed by atoms with E-state index in [9.17, 15) is 18.3 Å². The quantitative estimate of drug-likeness (QED) is 0.312. The molecule has 0 atom stereocenters. The van der Waals surface area contributed by atoms with E-state index in [0.29, 0.717) is 48.8 Å². The molecule has 0 saturated carbocycles. The highest BCUT2D eigenvalue weighted by Gasteiger charge is 2.23. The molecular formula is C26H29Cl3N6O4S. The van der Waals surface area contributed by atoms with Gasteiger partial charge in [-0.3, -0.25) is 4.72 Å². The summed E-state index contributed by atoms with van der Waals surface area (Å²) >= 11 is 0. The number of carboxylic acids is 1. The second-order valence-corrected chi connectivity index (χ2v) is 10.7. The zero-order valence-corrected chi connectivity index (χ0v) is 24.9. The maximum atomic E-state index is 13.0. The number of anilines is 3. The van der Waals surface area contributed by atoms with Crippen LogP contribution in [-0.2, 0) is 10.0 Å². The molecule has 0 amide bonds. The van der Waals surface area contributed by atoms with E-state index in [2.05, 4.69) is 19.6 Å². The maximum absolute atomic E-state index is 13.0. The van der Waals surface area contributed by atoms with Gasteiger partial charge < -0.3 is 14.9 Å². The van der Waals surface area contributed by atoms with Gasteiger partial charge in [-0.05, 0) is 67.4 Å². The Morgan fingerprint density at radius 2 is 1.48 bits per heavy atom. The summed E-state index contributed by atoms with van der Waals surface area (Å²) in [7, 11) is -3.85. The van der Waals surface area contributed by atoms with E-state index in [-0.39, 0.29) is 53.4 Å². The Kier molecular flexibility index (Phi) is 10.9. The molecule has 14 heteroatoms. The van der Waals surface area contributed by atoms with Gasteiger partial charge in [-0.25, -0.2) is 28.2 Å². The third-order valence-corrected chi connectivity index (χ3v) is 7.58. The largest absolute Gasteiger partial charge is 0.478 e. The molecule has 2 N–H and O–H groups in total. The number of piperazine rings is 1. The number of carboxylic acid groups (broad SMARTS) is 1. The Bertz CT molecular complexity index is 1580. The Labute approximate surface area is 251 Å². The van der Waals surface area contributed by atoms with Gasteiger partial charge in [0.25, 0.3) is 10.0 Å². The van der Waals surface area contributed by atoms with Gasteiger partial charge in [0, 0.05) is 49.6 Å². The molecule has 2 aromatic heterocycles. The van der Waals surface area contributed by atoms with E-state index < -0.39 is 16.0 Å². The molecule has 3 heterocycles. The number of fused-ring (bicyclic) bond motifs is 1. The van der Waals surface area contributed by atoms with E-state index in [1.54, 1.807) is 48.8 Å². The SMILES string of the molecule is Cc1cc(C)cc(S(=O)(=O)Nc2ccc3nc(N4CCN(c5ncccn5)CC4)cc(C(=O)O)c3c2)c1.Cl.Cl.Cl. The number of pyridine rings is 1. The van der Waals surface area contributed by atoms with Crippen LogP contribution in [0.4, 0.5) is 17.5 Å². The molecule has 10 nitrogen and oxygen atoms in total. The minimum atomic E-state index is -3.85. The van der Waals surface area contributed by atoms with Gasteiger partial charge in [0.15, 0.2) is 0 Å². The predicted molar refractivity (Wildman–Crippen MR) is 164 cm³/mol. The molecule has 5 rings (SSSR count). The molecule has 0 aliphatic carbocycles. The highest BCUT2D eigenvalue weighted by molar-refractivity contribution is 7.92. The summed E-state index contributed by atoms with van der Waals surface area (Å²) in [5.41, 5.74) is 2.46. The minimum Gasteiger partial charge on any atom is -0.478 e. The lowest BCUT2D eigenvalue weighted by Crippen LogP contribution is -2.47. The predicted octanol–water partition coefficient (Wildman–Crippen LogP) is 4.73. The minimum absolute atomic E-state index is 0. The van der Waals surface area contributed by atoms with Crippen LogP contribution in [0.3, 0.4) is 0 Å². The van der Waals surface area contributed by atoms with Crippen molar-refractivity contribution < 1.29 is 18.3 Å². The Balaban J connectivity index is 0.00000187. The summed E-state index contributed by atoms with van der Waals surface area (Å²) < 4.78 is 28.5. The zero-order chi connectivity index (χ0) is 26.2. The van der Waals surface area contributed by atoms with Crippen LogP contribution in [0.1, 0.15) is 21.5 Å². The molecule has 1 aliphatic rings. The lowest BCUT2D eigenvalue weighted by Gasteiger charge is -2.35. The fourth-order valence-corrected chi connectivity index (χ4v) is 5.74. The van der Waals surface area contributed by atoms with Crippen molar-refractivity contribution in [2.45, 2.75) is 18.7 Å². The van der Waals surface area contributed by atoms with Gasteiger partial charge in [-0.15, -0.1) is 37.2 Å². The second kappa shape index (κ2) is 13.3. The lowest BCUT2D eigenvalue weighted by molar-refractivity contribution is 0.0699. The fraction of sp³-hybridized carbons (Fsp3) is 0.231. The van der Waals surface area contributed by atoms with E-state index in [0.717, 1.165) is 11.1 Å². The van der Waals surface area contributed by atoms with Crippen molar-refractivity contribution in [3.05, 3.63) is 77.6 Å². The molecular weight excluding hydrogens is 599 g/mol. The number of hydrogen-bond donors (Lipinski definition) is 2. The summed E-state index contributed by atoms with van der Waals surface area (Å²) in [4.78, 5) is 29.7. The van der Waals surface area contributed by atoms with Crippen molar-refractivity contribution >= 4 is 81.6 Å². The van der Waals surface area contributed by atoms with Crippen molar-refractivity contribution in [2.24, 2.45) is 0 Å². The van der Waals surface area contributed by atoms with E-state index in [1.807, 2.05) is 24.8 Å². The number of aryl methyl sites for hydroxylation is 2. The number of benzene rings is 2. The number of halogens is 3. The van der Waals surface area contributed by atoms with Gasteiger partial charge in [-0.1, -0.05) is 6.07 Å². The van der Waals surface area contributed by atoms with Crippen molar-refractivity contribution in [1.29, 1.82) is 0 Å². The number of aromatic carboxylic acids is 1. The average molecular weight is 628 g/mol. The topological polar surface area (TPSA) is 129 Å². The van der Waals surface area contributed by atoms with Crippen LogP contribution < -0.4 is 14.5 Å². The molecule has 214 valence electrons. The molecule has 0 spiro atoms. The molecule has 2 aromatic carbocycles. The molecule has 0 unspecified atom stereocenters. The van der Waals surface area contributed by atoms with Crippen molar-refractivity contribution in [2.75, 3.05) is 40.7 Å². The summed E-state index contributed by atoms with van der Waals surface area (Å²) in [5.74, 6) is 0.108. The van der Waals surface area contributed by atoms with E-state index >= 15 is 0 Å². The number of carbonyl (C=O) groups is 1. The van der Waals surface area contributed by atoms with Gasteiger partial charge in [0.05, 0.1) is 16.0 Å². The first-order valence-electron chi connectivity index (χ1n) is 11.8. The van der Waals surface area contributed by atoms with Gasteiger partial charge in [0.2, 0.25) is 5.95 Å². The summed E-state index contributed by atoms with van der Waals surface area (Å²) in [6.45, 7) is 6.27. The van der Waals surface area contributed by atoms with E-state index in [1.165, 1.54) is 6.07 Å². The molecule has 40 heavy (non-hydrogen) atoms. The van der Waals surface area contributed by atoms with Gasteiger partial charge >= 0.3 is 5.97 Å². The summed E-state index contributed by atoms with van der Waals surface area (Å²) in [6, 6.07) is 13.1. The van der Waals surface area contributed by atoms with Crippen molar-refractivity contribution in [3.8, 4) is 0 Å². The van der Waals surface area contributed by atoms with Crippen LogP contribution in [0.15, 0.2) is 65.8 Å². The first-order valence-corrected chi connectivity index (χ1v) is 13.2. The molecule has 1 fully saturated rings. The average Bonchev–Trinajstić information content (AvgIpc) is 2.88. The maximum Gasteiger partial charge on any atom is 0.336 e. The first kappa shape index (κ1) is 32.8. The molecule has 4 aromatic rings. The van der Waals surface area contributed by atoms with Crippen LogP contribution in [0.2, 0.25) is 0 Å². The number of hydrogen-bond acceptors (Lipinski definition) is 8. The molecule has 1 saturated heterocycles. The molecule has 1 aliphatic heterocycles. The van der Waals surface area contributed by atoms with Crippen molar-refractivity contribution in [1.82, 2.24) is 15.0 Å². The Morgan fingerprint density at radius 1 is 0.875 bits per heavy atom. The summed E-state index contributed by atoms with van der Waals surface area (Å²) in [5, 5.41) is 10.3. The third-order valence-electron chi connectivity index (χ3n) is 6.22. The number of rotatable bonds is 6. The number of nitrogens with one attached hydrogen (secondary N) is 1. The Morgan fingerprint density at radius 3 is 2.08 bits per heavy atom. The van der Waals surface area contributed by atoms with Crippen LogP contribution in [0.25, 0.3) is 10.9 Å². The number of aromatic nitrogens is 3. The molecule has 0 bridgehead atoms. The fourth-order valence-electron chi connectivity index (χ4n) is 4.51. The normalized spacial score (nSPS) is 13.1. The van der Waals surface area contributed by atoms with E-state index in [4.69, 9.17) is 4.98 Å². The number of nitrogens with zero attached hydrogens (tertiary/aromatic N) is 5. The van der Waals surface area contributed by atoms with Gasteiger partial charge in [0.1, 0.15) is 5.82 Å².